The number of hydrogen-bond acceptors (Lipinski definition) is 6. The van der Waals surface area contributed by atoms with Crippen molar-refractivity contribution < 1.29 is 31.9 Å². The van der Waals surface area contributed by atoms with Gasteiger partial charge in [0, 0.05) is 35.5 Å². The molecule has 1 saturated heterocycles. The number of unbranched alkanes of at least 4 members (excludes halogenated alkanes) is 1. The number of amides is 3. The number of nitrogens with zero attached hydrogens (tertiary/aromatic N) is 2. The summed E-state index contributed by atoms with van der Waals surface area (Å²) in [4.78, 5) is 41.2. The fourth-order valence-electron chi connectivity index (χ4n) is 4.56. The lowest BCUT2D eigenvalue weighted by atomic mass is 9.99. The minimum atomic E-state index is -4.70. The first-order valence-corrected chi connectivity index (χ1v) is 12.8. The molecule has 0 aliphatic carbocycles. The van der Waals surface area contributed by atoms with Gasteiger partial charge in [-0.25, -0.2) is 9.59 Å². The zero-order valence-electron chi connectivity index (χ0n) is 20.7. The van der Waals surface area contributed by atoms with Gasteiger partial charge in [0.25, 0.3) is 5.91 Å². The normalized spacial score (nSPS) is 18.3. The van der Waals surface area contributed by atoms with Crippen molar-refractivity contribution in [3.63, 3.8) is 0 Å². The van der Waals surface area contributed by atoms with E-state index in [0.29, 0.717) is 43.1 Å². The van der Waals surface area contributed by atoms with Gasteiger partial charge in [-0.3, -0.25) is 9.69 Å². The second-order valence-electron chi connectivity index (χ2n) is 9.05. The van der Waals surface area contributed by atoms with Gasteiger partial charge < -0.3 is 14.1 Å². The molecule has 1 fully saturated rings. The van der Waals surface area contributed by atoms with Crippen LogP contribution in [0.2, 0.25) is 0 Å². The Morgan fingerprint density at radius 2 is 1.89 bits per heavy atom. The van der Waals surface area contributed by atoms with Crippen molar-refractivity contribution in [1.82, 2.24) is 9.80 Å². The van der Waals surface area contributed by atoms with E-state index in [0.717, 1.165) is 4.88 Å². The second-order valence-corrected chi connectivity index (χ2v) is 10.00. The topological polar surface area (TPSA) is 80.1 Å². The lowest BCUT2D eigenvalue weighted by molar-refractivity contribution is -0.136. The van der Waals surface area contributed by atoms with Crippen molar-refractivity contribution in [3.05, 3.63) is 62.1 Å². The maximum Gasteiger partial charge on any atom is 0.417 e. The van der Waals surface area contributed by atoms with Crippen LogP contribution in [0, 0.1) is 0 Å². The molecule has 0 bridgehead atoms. The van der Waals surface area contributed by atoms with Gasteiger partial charge >= 0.3 is 17.8 Å². The highest BCUT2D eigenvalue weighted by Gasteiger charge is 2.53. The van der Waals surface area contributed by atoms with Gasteiger partial charge in [0.15, 0.2) is 5.54 Å². The van der Waals surface area contributed by atoms with Gasteiger partial charge in [0.1, 0.15) is 11.3 Å². The van der Waals surface area contributed by atoms with Crippen LogP contribution in [0.25, 0.3) is 11.0 Å². The summed E-state index contributed by atoms with van der Waals surface area (Å²) in [7, 11) is 1.61. The molecule has 3 heterocycles. The molecule has 0 spiro atoms. The summed E-state index contributed by atoms with van der Waals surface area (Å²) in [5.41, 5.74) is -2.87. The predicted molar refractivity (Wildman–Crippen MR) is 133 cm³/mol. The summed E-state index contributed by atoms with van der Waals surface area (Å²) in [6.45, 7) is 4.02. The first kappa shape index (κ1) is 26.7. The van der Waals surface area contributed by atoms with E-state index in [-0.39, 0.29) is 36.1 Å². The molecule has 0 saturated carbocycles. The maximum absolute atomic E-state index is 13.5. The third-order valence-corrected chi connectivity index (χ3v) is 7.74. The third-order valence-electron chi connectivity index (χ3n) is 6.66. The molecule has 198 valence electrons. The monoisotopic (exact) mass is 536 g/mol. The van der Waals surface area contributed by atoms with Crippen molar-refractivity contribution in [1.29, 1.82) is 0 Å². The molecule has 1 unspecified atom stereocenters. The standard InChI is InChI=1S/C26H27F3N2O5S/c1-4-8-17-19(11-10-16-18(26(27,28)29)15-21(32)36-22(16)17)35-13-6-5-12-31-23(33)25(2,30(3)24(31)34)20-9-7-14-37-20/h7,9-11,14-15H,4-6,8,12-13H2,1-3H3. The molecule has 0 N–H and O–H groups in total. The molecule has 2 aromatic heterocycles. The zero-order chi connectivity index (χ0) is 27.0. The predicted octanol–water partition coefficient (Wildman–Crippen LogP) is 5.79. The summed E-state index contributed by atoms with van der Waals surface area (Å²) in [5.74, 6) is 0.0637. The van der Waals surface area contributed by atoms with Gasteiger partial charge in [-0.15, -0.1) is 11.3 Å². The van der Waals surface area contributed by atoms with Gasteiger partial charge in [0.05, 0.1) is 12.2 Å². The molecule has 7 nitrogen and oxygen atoms in total. The average molecular weight is 537 g/mol. The van der Waals surface area contributed by atoms with E-state index in [4.69, 9.17) is 9.15 Å². The van der Waals surface area contributed by atoms with Crippen LogP contribution in [0.1, 0.15) is 49.1 Å². The van der Waals surface area contributed by atoms with Crippen LogP contribution >= 0.6 is 11.3 Å². The molecule has 4 rings (SSSR count). The molecular formula is C26H27F3N2O5S. The number of hydrogen-bond donors (Lipinski definition) is 0. The number of likely N-dealkylation sites (N-methyl/N-ethyl adjacent to an activating group) is 1. The van der Waals surface area contributed by atoms with Crippen LogP contribution in [-0.4, -0.2) is 41.9 Å². The summed E-state index contributed by atoms with van der Waals surface area (Å²) in [6, 6.07) is 6.47. The lowest BCUT2D eigenvalue weighted by Gasteiger charge is -2.27. The van der Waals surface area contributed by atoms with Crippen LogP contribution in [0.3, 0.4) is 0 Å². The number of urea groups is 1. The number of ether oxygens (including phenoxy) is 1. The fraction of sp³-hybridized carbons (Fsp3) is 0.423. The smallest absolute Gasteiger partial charge is 0.417 e. The highest BCUT2D eigenvalue weighted by Crippen LogP contribution is 2.39. The maximum atomic E-state index is 13.5. The van der Waals surface area contributed by atoms with Gasteiger partial charge in [-0.2, -0.15) is 13.2 Å². The molecule has 1 aliphatic heterocycles. The average Bonchev–Trinajstić information content (AvgIpc) is 3.44. The molecule has 11 heteroatoms. The number of aryl methyl sites for hydroxylation is 1. The Kier molecular flexibility index (Phi) is 7.36. The van der Waals surface area contributed by atoms with E-state index in [1.165, 1.54) is 33.3 Å². The first-order chi connectivity index (χ1) is 17.5. The number of carbonyl (C=O) groups is 2. The summed E-state index contributed by atoms with van der Waals surface area (Å²) < 4.78 is 51.5. The molecular weight excluding hydrogens is 509 g/mol. The van der Waals surface area contributed by atoms with Crippen LogP contribution in [0.15, 0.2) is 44.9 Å². The van der Waals surface area contributed by atoms with E-state index in [9.17, 15) is 27.6 Å². The Morgan fingerprint density at radius 1 is 1.14 bits per heavy atom. The zero-order valence-corrected chi connectivity index (χ0v) is 21.5. The van der Waals surface area contributed by atoms with E-state index >= 15 is 0 Å². The Hall–Kier alpha value is -3.34. The highest BCUT2D eigenvalue weighted by atomic mass is 32.1. The molecule has 3 aromatic rings. The minimum absolute atomic E-state index is 0.122. The number of alkyl halides is 3. The molecule has 1 atom stereocenters. The molecule has 0 radical (unpaired) electrons. The SMILES string of the molecule is CCCc1c(OCCCCN2C(=O)N(C)C(C)(c3cccs3)C2=O)ccc2c(C(F)(F)F)cc(=O)oc12. The van der Waals surface area contributed by atoms with Gasteiger partial charge in [0.2, 0.25) is 0 Å². The first-order valence-electron chi connectivity index (χ1n) is 11.9. The Balaban J connectivity index is 1.44. The lowest BCUT2D eigenvalue weighted by Crippen LogP contribution is -2.41. The van der Waals surface area contributed by atoms with E-state index in [1.807, 2.05) is 24.4 Å². The number of halogens is 3. The largest absolute Gasteiger partial charge is 0.493 e. The van der Waals surface area contributed by atoms with Crippen LogP contribution in [0.5, 0.6) is 5.75 Å². The summed E-state index contributed by atoms with van der Waals surface area (Å²) in [6.07, 6.45) is -2.76. The molecule has 1 aliphatic rings. The minimum Gasteiger partial charge on any atom is -0.493 e. The Bertz CT molecular complexity index is 1370. The van der Waals surface area contributed by atoms with Crippen molar-refractivity contribution in [2.45, 2.75) is 51.2 Å². The van der Waals surface area contributed by atoms with Crippen LogP contribution in [0.4, 0.5) is 18.0 Å². The van der Waals surface area contributed by atoms with E-state index in [1.54, 1.807) is 14.0 Å². The molecule has 1 aromatic carbocycles. The summed E-state index contributed by atoms with van der Waals surface area (Å²) >= 11 is 1.42. The third kappa shape index (κ3) is 4.84. The fourth-order valence-corrected chi connectivity index (χ4v) is 5.48. The van der Waals surface area contributed by atoms with Gasteiger partial charge in [-0.05, 0) is 49.8 Å². The van der Waals surface area contributed by atoms with Crippen molar-refractivity contribution >= 4 is 34.2 Å². The number of imide groups is 1. The van der Waals surface area contributed by atoms with Crippen molar-refractivity contribution in [2.75, 3.05) is 20.2 Å². The van der Waals surface area contributed by atoms with Crippen LogP contribution in [-0.2, 0) is 22.9 Å². The number of fused-ring (bicyclic) bond motifs is 1. The Morgan fingerprint density at radius 3 is 2.54 bits per heavy atom. The highest BCUT2D eigenvalue weighted by molar-refractivity contribution is 7.10. The van der Waals surface area contributed by atoms with Gasteiger partial charge in [-0.1, -0.05) is 19.4 Å². The second kappa shape index (κ2) is 10.2. The van der Waals surface area contributed by atoms with Crippen molar-refractivity contribution in [3.8, 4) is 5.75 Å². The summed E-state index contributed by atoms with van der Waals surface area (Å²) in [5, 5.41) is 1.67. The molecule has 3 amide bonds. The quantitative estimate of drug-likeness (QED) is 0.196. The molecule has 37 heavy (non-hydrogen) atoms. The van der Waals surface area contributed by atoms with Crippen molar-refractivity contribution in [2.24, 2.45) is 0 Å². The van der Waals surface area contributed by atoms with E-state index < -0.39 is 22.9 Å². The number of rotatable bonds is 9. The number of carbonyl (C=O) groups excluding carboxylic acids is 2. The number of thiophene rings is 1. The van der Waals surface area contributed by atoms with Crippen LogP contribution < -0.4 is 10.4 Å². The Labute approximate surface area is 215 Å². The number of benzene rings is 1. The van der Waals surface area contributed by atoms with E-state index in [2.05, 4.69) is 0 Å².